The van der Waals surface area contributed by atoms with Crippen molar-refractivity contribution < 1.29 is 9.53 Å². The van der Waals surface area contributed by atoms with Crippen LogP contribution in [0.3, 0.4) is 0 Å². The van der Waals surface area contributed by atoms with Gasteiger partial charge in [-0.25, -0.2) is 0 Å². The monoisotopic (exact) mass is 209 g/mol. The van der Waals surface area contributed by atoms with Gasteiger partial charge < -0.3 is 21.5 Å². The first kappa shape index (κ1) is 11.3. The van der Waals surface area contributed by atoms with Gasteiger partial charge in [0.2, 0.25) is 0 Å². The van der Waals surface area contributed by atoms with E-state index in [0.29, 0.717) is 18.8 Å². The van der Waals surface area contributed by atoms with Crippen molar-refractivity contribution >= 4 is 11.6 Å². The largest absolute Gasteiger partial charge is 0.484 e. The number of amides is 1. The van der Waals surface area contributed by atoms with Crippen molar-refractivity contribution in [1.82, 2.24) is 0 Å². The third-order valence-electron chi connectivity index (χ3n) is 1.69. The van der Waals surface area contributed by atoms with Crippen molar-refractivity contribution in [3.05, 3.63) is 24.3 Å². The van der Waals surface area contributed by atoms with E-state index in [1.807, 2.05) is 12.1 Å². The SMILES string of the molecule is NCCNc1cccc(OCC(N)=O)c1. The highest BCUT2D eigenvalue weighted by Crippen LogP contribution is 2.16. The standard InChI is InChI=1S/C10H15N3O2/c11-4-5-13-8-2-1-3-9(6-8)15-7-10(12)14/h1-3,6,13H,4-5,7,11H2,(H2,12,14). The zero-order valence-corrected chi connectivity index (χ0v) is 8.40. The number of benzene rings is 1. The summed E-state index contributed by atoms with van der Waals surface area (Å²) in [6, 6.07) is 7.27. The van der Waals surface area contributed by atoms with Crippen molar-refractivity contribution in [3.63, 3.8) is 0 Å². The lowest BCUT2D eigenvalue weighted by Crippen LogP contribution is -2.20. The highest BCUT2D eigenvalue weighted by atomic mass is 16.5. The molecule has 0 spiro atoms. The predicted octanol–water partition coefficient (Wildman–Crippen LogP) is -0.0787. The summed E-state index contributed by atoms with van der Waals surface area (Å²) < 4.78 is 5.14. The lowest BCUT2D eigenvalue weighted by atomic mass is 10.3. The van der Waals surface area contributed by atoms with Crippen molar-refractivity contribution in [3.8, 4) is 5.75 Å². The zero-order valence-electron chi connectivity index (χ0n) is 8.40. The molecule has 0 aliphatic carbocycles. The molecule has 1 aromatic rings. The molecule has 1 aromatic carbocycles. The van der Waals surface area contributed by atoms with Gasteiger partial charge in [-0.15, -0.1) is 0 Å². The third-order valence-corrected chi connectivity index (χ3v) is 1.69. The molecule has 82 valence electrons. The fourth-order valence-electron chi connectivity index (χ4n) is 1.07. The molecule has 0 saturated carbocycles. The topological polar surface area (TPSA) is 90.4 Å². The first-order chi connectivity index (χ1) is 7.22. The van der Waals surface area contributed by atoms with Crippen LogP contribution in [-0.4, -0.2) is 25.6 Å². The fraction of sp³-hybridized carbons (Fsp3) is 0.300. The van der Waals surface area contributed by atoms with Gasteiger partial charge in [-0.1, -0.05) is 6.07 Å². The fourth-order valence-corrected chi connectivity index (χ4v) is 1.07. The van der Waals surface area contributed by atoms with Gasteiger partial charge >= 0.3 is 0 Å². The Balaban J connectivity index is 2.53. The van der Waals surface area contributed by atoms with Crippen molar-refractivity contribution in [1.29, 1.82) is 0 Å². The van der Waals surface area contributed by atoms with Gasteiger partial charge in [0.25, 0.3) is 5.91 Å². The number of ether oxygens (including phenoxy) is 1. The Morgan fingerprint density at radius 2 is 2.27 bits per heavy atom. The molecule has 1 rings (SSSR count). The lowest BCUT2D eigenvalue weighted by molar-refractivity contribution is -0.119. The average molecular weight is 209 g/mol. The normalized spacial score (nSPS) is 9.67. The number of rotatable bonds is 6. The highest BCUT2D eigenvalue weighted by Gasteiger charge is 1.98. The number of hydrogen-bond acceptors (Lipinski definition) is 4. The van der Waals surface area contributed by atoms with Crippen LogP contribution in [0.1, 0.15) is 0 Å². The molecule has 0 saturated heterocycles. The van der Waals surface area contributed by atoms with Crippen LogP contribution in [0.5, 0.6) is 5.75 Å². The van der Waals surface area contributed by atoms with Crippen LogP contribution in [-0.2, 0) is 4.79 Å². The molecule has 0 fully saturated rings. The molecule has 0 aliphatic rings. The van der Waals surface area contributed by atoms with Gasteiger partial charge in [-0.2, -0.15) is 0 Å². The maximum atomic E-state index is 10.5. The van der Waals surface area contributed by atoms with Crippen molar-refractivity contribution in [2.24, 2.45) is 11.5 Å². The molecule has 1 amide bonds. The van der Waals surface area contributed by atoms with Gasteiger partial charge in [-0.05, 0) is 12.1 Å². The molecule has 5 heteroatoms. The van der Waals surface area contributed by atoms with E-state index in [2.05, 4.69) is 5.32 Å². The number of carbonyl (C=O) groups excluding carboxylic acids is 1. The number of anilines is 1. The minimum atomic E-state index is -0.490. The van der Waals surface area contributed by atoms with Gasteiger partial charge in [-0.3, -0.25) is 4.79 Å². The summed E-state index contributed by atoms with van der Waals surface area (Å²) in [6.45, 7) is 1.14. The second-order valence-corrected chi connectivity index (χ2v) is 3.00. The lowest BCUT2D eigenvalue weighted by Gasteiger charge is -2.07. The Bertz CT molecular complexity index is 328. The minimum Gasteiger partial charge on any atom is -0.484 e. The molecule has 5 N–H and O–H groups in total. The molecule has 0 atom stereocenters. The summed E-state index contributed by atoms with van der Waals surface area (Å²) in [7, 11) is 0. The molecule has 0 unspecified atom stereocenters. The number of carbonyl (C=O) groups is 1. The molecule has 5 nitrogen and oxygen atoms in total. The third kappa shape index (κ3) is 4.33. The zero-order chi connectivity index (χ0) is 11.1. The Hall–Kier alpha value is -1.75. The van der Waals surface area contributed by atoms with Crippen molar-refractivity contribution in [2.75, 3.05) is 25.0 Å². The summed E-state index contributed by atoms with van der Waals surface area (Å²) >= 11 is 0. The smallest absolute Gasteiger partial charge is 0.255 e. The van der Waals surface area contributed by atoms with E-state index in [4.69, 9.17) is 16.2 Å². The quantitative estimate of drug-likeness (QED) is 0.611. The summed E-state index contributed by atoms with van der Waals surface area (Å²) in [5, 5.41) is 3.10. The summed E-state index contributed by atoms with van der Waals surface area (Å²) in [5.74, 6) is 0.117. The maximum absolute atomic E-state index is 10.5. The summed E-state index contributed by atoms with van der Waals surface area (Å²) in [5.41, 5.74) is 11.2. The Kier molecular flexibility index (Phi) is 4.43. The molecule has 0 aromatic heterocycles. The van der Waals surface area contributed by atoms with E-state index in [9.17, 15) is 4.79 Å². The van der Waals surface area contributed by atoms with Gasteiger partial charge in [0.1, 0.15) is 5.75 Å². The molecule has 0 bridgehead atoms. The van der Waals surface area contributed by atoms with Crippen LogP contribution in [0.15, 0.2) is 24.3 Å². The van der Waals surface area contributed by atoms with Crippen molar-refractivity contribution in [2.45, 2.75) is 0 Å². The van der Waals surface area contributed by atoms with Crippen LogP contribution < -0.4 is 21.5 Å². The van der Waals surface area contributed by atoms with Crippen LogP contribution in [0, 0.1) is 0 Å². The minimum absolute atomic E-state index is 0.111. The van der Waals surface area contributed by atoms with E-state index in [1.54, 1.807) is 12.1 Å². The van der Waals surface area contributed by atoms with E-state index in [1.165, 1.54) is 0 Å². The van der Waals surface area contributed by atoms with E-state index in [0.717, 1.165) is 5.69 Å². The van der Waals surface area contributed by atoms with E-state index in [-0.39, 0.29) is 6.61 Å². The van der Waals surface area contributed by atoms with Crippen LogP contribution in [0.2, 0.25) is 0 Å². The van der Waals surface area contributed by atoms with Gasteiger partial charge in [0.15, 0.2) is 6.61 Å². The van der Waals surface area contributed by atoms with Crippen LogP contribution >= 0.6 is 0 Å². The first-order valence-electron chi connectivity index (χ1n) is 4.67. The number of nitrogens with one attached hydrogen (secondary N) is 1. The van der Waals surface area contributed by atoms with Crippen LogP contribution in [0.4, 0.5) is 5.69 Å². The van der Waals surface area contributed by atoms with Gasteiger partial charge in [0.05, 0.1) is 0 Å². The summed E-state index contributed by atoms with van der Waals surface area (Å²) in [4.78, 5) is 10.5. The molecule has 15 heavy (non-hydrogen) atoms. The van der Waals surface area contributed by atoms with Gasteiger partial charge in [0, 0.05) is 24.8 Å². The molecule has 0 radical (unpaired) electrons. The average Bonchev–Trinajstić information content (AvgIpc) is 2.24. The molecular formula is C10H15N3O2. The molecular weight excluding hydrogens is 194 g/mol. The first-order valence-corrected chi connectivity index (χ1v) is 4.67. The Morgan fingerprint density at radius 1 is 1.47 bits per heavy atom. The second-order valence-electron chi connectivity index (χ2n) is 3.00. The van der Waals surface area contributed by atoms with E-state index >= 15 is 0 Å². The number of primary amides is 1. The maximum Gasteiger partial charge on any atom is 0.255 e. The highest BCUT2D eigenvalue weighted by molar-refractivity contribution is 5.75. The predicted molar refractivity (Wildman–Crippen MR) is 58.7 cm³/mol. The van der Waals surface area contributed by atoms with E-state index < -0.39 is 5.91 Å². The second kappa shape index (κ2) is 5.87. The Labute approximate surface area is 88.4 Å². The number of nitrogens with two attached hydrogens (primary N) is 2. The Morgan fingerprint density at radius 3 is 2.93 bits per heavy atom. The van der Waals surface area contributed by atoms with Crippen LogP contribution in [0.25, 0.3) is 0 Å². The molecule has 0 heterocycles. The summed E-state index contributed by atoms with van der Waals surface area (Å²) in [6.07, 6.45) is 0. The number of hydrogen-bond donors (Lipinski definition) is 3. The molecule has 0 aliphatic heterocycles.